The molecular weight excluding hydrogens is 220 g/mol. The molecule has 4 nitrogen and oxygen atoms in total. The first-order valence-electron chi connectivity index (χ1n) is 5.58. The van der Waals surface area contributed by atoms with Crippen LogP contribution in [0.2, 0.25) is 0 Å². The van der Waals surface area contributed by atoms with Gasteiger partial charge in [-0.3, -0.25) is 0 Å². The molecule has 0 aliphatic carbocycles. The Morgan fingerprint density at radius 2 is 2.00 bits per heavy atom. The largest absolute Gasteiger partial charge is 0.496 e. The van der Waals surface area contributed by atoms with Gasteiger partial charge < -0.3 is 19.3 Å². The van der Waals surface area contributed by atoms with Gasteiger partial charge in [0.25, 0.3) is 0 Å². The van der Waals surface area contributed by atoms with Gasteiger partial charge in [0.15, 0.2) is 0 Å². The maximum atomic E-state index is 10.0. The van der Waals surface area contributed by atoms with Crippen LogP contribution in [0.1, 0.15) is 17.2 Å². The lowest BCUT2D eigenvalue weighted by Crippen LogP contribution is -2.11. The predicted octanol–water partition coefficient (Wildman–Crippen LogP) is 1.70. The molecule has 96 valence electrons. The highest BCUT2D eigenvalue weighted by Gasteiger charge is 2.13. The van der Waals surface area contributed by atoms with Crippen LogP contribution in [0.15, 0.2) is 18.2 Å². The molecule has 1 rings (SSSR count). The van der Waals surface area contributed by atoms with E-state index in [2.05, 4.69) is 0 Å². The van der Waals surface area contributed by atoms with Crippen molar-refractivity contribution in [2.24, 2.45) is 0 Å². The molecule has 1 atom stereocenters. The molecule has 1 unspecified atom stereocenters. The van der Waals surface area contributed by atoms with Crippen molar-refractivity contribution in [1.82, 2.24) is 0 Å². The number of methoxy groups -OCH3 is 2. The van der Waals surface area contributed by atoms with Crippen molar-refractivity contribution in [2.75, 3.05) is 34.0 Å². The molecule has 1 aromatic carbocycles. The Bertz CT molecular complexity index is 338. The van der Waals surface area contributed by atoms with Gasteiger partial charge in [-0.2, -0.15) is 0 Å². The highest BCUT2D eigenvalue weighted by Crippen LogP contribution is 2.26. The van der Waals surface area contributed by atoms with Gasteiger partial charge >= 0.3 is 0 Å². The van der Waals surface area contributed by atoms with Crippen molar-refractivity contribution < 1.29 is 19.3 Å². The zero-order chi connectivity index (χ0) is 12.7. The highest BCUT2D eigenvalue weighted by atomic mass is 16.5. The van der Waals surface area contributed by atoms with Crippen LogP contribution >= 0.6 is 0 Å². The Morgan fingerprint density at radius 1 is 1.24 bits per heavy atom. The molecule has 0 aromatic heterocycles. The molecular formula is C13H20O4. The fourth-order valence-electron chi connectivity index (χ4n) is 1.54. The van der Waals surface area contributed by atoms with Crippen molar-refractivity contribution in [3.05, 3.63) is 29.3 Å². The summed E-state index contributed by atoms with van der Waals surface area (Å²) in [5, 5.41) is 10.0. The van der Waals surface area contributed by atoms with E-state index in [1.54, 1.807) is 14.2 Å². The summed E-state index contributed by atoms with van der Waals surface area (Å²) in [5.74, 6) is 0.679. The minimum Gasteiger partial charge on any atom is -0.496 e. The van der Waals surface area contributed by atoms with Gasteiger partial charge in [-0.1, -0.05) is 11.6 Å². The normalized spacial score (nSPS) is 12.5. The lowest BCUT2D eigenvalue weighted by atomic mass is 10.1. The maximum absolute atomic E-state index is 10.0. The van der Waals surface area contributed by atoms with Gasteiger partial charge in [-0.05, 0) is 19.1 Å². The smallest absolute Gasteiger partial charge is 0.124 e. The van der Waals surface area contributed by atoms with E-state index in [0.717, 1.165) is 11.1 Å². The van der Waals surface area contributed by atoms with Gasteiger partial charge in [-0.25, -0.2) is 0 Å². The van der Waals surface area contributed by atoms with Crippen LogP contribution in [-0.4, -0.2) is 39.1 Å². The number of benzene rings is 1. The second-order valence-electron chi connectivity index (χ2n) is 3.83. The van der Waals surface area contributed by atoms with Crippen molar-refractivity contribution in [1.29, 1.82) is 0 Å². The van der Waals surface area contributed by atoms with E-state index in [4.69, 9.17) is 14.2 Å². The second-order valence-corrected chi connectivity index (χ2v) is 3.83. The number of rotatable bonds is 7. The number of hydrogen-bond acceptors (Lipinski definition) is 4. The van der Waals surface area contributed by atoms with E-state index in [1.165, 1.54) is 0 Å². The summed E-state index contributed by atoms with van der Waals surface area (Å²) in [6.45, 7) is 3.21. The fraction of sp³-hybridized carbons (Fsp3) is 0.538. The average Bonchev–Trinajstić information content (AvgIpc) is 2.34. The number of aliphatic hydroxyl groups is 1. The van der Waals surface area contributed by atoms with E-state index in [0.29, 0.717) is 19.0 Å². The third kappa shape index (κ3) is 4.34. The first-order valence-corrected chi connectivity index (χ1v) is 5.58. The third-order valence-corrected chi connectivity index (χ3v) is 2.45. The number of ether oxygens (including phenoxy) is 3. The summed E-state index contributed by atoms with van der Waals surface area (Å²) in [4.78, 5) is 0. The Kier molecular flexibility index (Phi) is 5.97. The van der Waals surface area contributed by atoms with Gasteiger partial charge in [0.05, 0.1) is 26.9 Å². The van der Waals surface area contributed by atoms with E-state index in [1.807, 2.05) is 25.1 Å². The Morgan fingerprint density at radius 3 is 2.65 bits per heavy atom. The standard InChI is InChI=1S/C13H20O4/c1-10-4-5-13(16-3)11(8-10)12(14)9-17-7-6-15-2/h4-5,8,12,14H,6-7,9H2,1-3H3. The van der Waals surface area contributed by atoms with Crippen LogP contribution in [0.3, 0.4) is 0 Å². The van der Waals surface area contributed by atoms with E-state index in [9.17, 15) is 5.11 Å². The minimum atomic E-state index is -0.679. The number of aliphatic hydroxyl groups excluding tert-OH is 1. The number of hydrogen-bond donors (Lipinski definition) is 1. The average molecular weight is 240 g/mol. The van der Waals surface area contributed by atoms with Gasteiger partial charge in [0, 0.05) is 12.7 Å². The predicted molar refractivity (Wildman–Crippen MR) is 65.4 cm³/mol. The van der Waals surface area contributed by atoms with Crippen LogP contribution in [-0.2, 0) is 9.47 Å². The summed E-state index contributed by atoms with van der Waals surface area (Å²) in [6.07, 6.45) is -0.679. The molecule has 0 fully saturated rings. The van der Waals surface area contributed by atoms with Crippen molar-refractivity contribution in [3.63, 3.8) is 0 Å². The Hall–Kier alpha value is -1.10. The van der Waals surface area contributed by atoms with Gasteiger partial charge in [0.2, 0.25) is 0 Å². The molecule has 1 N–H and O–H groups in total. The first kappa shape index (κ1) is 14.0. The van der Waals surface area contributed by atoms with Crippen molar-refractivity contribution in [2.45, 2.75) is 13.0 Å². The van der Waals surface area contributed by atoms with E-state index >= 15 is 0 Å². The molecule has 0 bridgehead atoms. The molecule has 0 aliphatic rings. The zero-order valence-corrected chi connectivity index (χ0v) is 10.6. The van der Waals surface area contributed by atoms with Crippen LogP contribution in [0.4, 0.5) is 0 Å². The molecule has 0 spiro atoms. The van der Waals surface area contributed by atoms with E-state index in [-0.39, 0.29) is 6.61 Å². The Labute approximate surface area is 102 Å². The molecule has 0 heterocycles. The summed E-state index contributed by atoms with van der Waals surface area (Å²) in [5.41, 5.74) is 1.83. The van der Waals surface area contributed by atoms with E-state index < -0.39 is 6.10 Å². The van der Waals surface area contributed by atoms with Crippen molar-refractivity contribution in [3.8, 4) is 5.75 Å². The topological polar surface area (TPSA) is 47.9 Å². The molecule has 0 aliphatic heterocycles. The lowest BCUT2D eigenvalue weighted by molar-refractivity contribution is 0.0118. The second kappa shape index (κ2) is 7.27. The molecule has 0 radical (unpaired) electrons. The molecule has 1 aromatic rings. The molecule has 0 saturated carbocycles. The summed E-state index contributed by atoms with van der Waals surface area (Å²) < 4.78 is 15.4. The molecule has 4 heteroatoms. The summed E-state index contributed by atoms with van der Waals surface area (Å²) in [7, 11) is 3.20. The van der Waals surface area contributed by atoms with Crippen LogP contribution in [0.25, 0.3) is 0 Å². The number of aryl methyl sites for hydroxylation is 1. The maximum Gasteiger partial charge on any atom is 0.124 e. The highest BCUT2D eigenvalue weighted by molar-refractivity contribution is 5.38. The van der Waals surface area contributed by atoms with Crippen LogP contribution in [0, 0.1) is 6.92 Å². The molecule has 0 saturated heterocycles. The minimum absolute atomic E-state index is 0.239. The Balaban J connectivity index is 2.60. The molecule has 0 amide bonds. The third-order valence-electron chi connectivity index (χ3n) is 2.45. The first-order chi connectivity index (χ1) is 8.19. The fourth-order valence-corrected chi connectivity index (χ4v) is 1.54. The van der Waals surface area contributed by atoms with Crippen LogP contribution in [0.5, 0.6) is 5.75 Å². The van der Waals surface area contributed by atoms with Gasteiger partial charge in [-0.15, -0.1) is 0 Å². The van der Waals surface area contributed by atoms with Crippen molar-refractivity contribution >= 4 is 0 Å². The van der Waals surface area contributed by atoms with Gasteiger partial charge in [0.1, 0.15) is 11.9 Å². The summed E-state index contributed by atoms with van der Waals surface area (Å²) >= 11 is 0. The SMILES string of the molecule is COCCOCC(O)c1cc(C)ccc1OC. The molecule has 17 heavy (non-hydrogen) atoms. The summed E-state index contributed by atoms with van der Waals surface area (Å²) in [6, 6.07) is 5.70. The zero-order valence-electron chi connectivity index (χ0n) is 10.6. The lowest BCUT2D eigenvalue weighted by Gasteiger charge is -2.15. The monoisotopic (exact) mass is 240 g/mol. The quantitative estimate of drug-likeness (QED) is 0.737. The van der Waals surface area contributed by atoms with Crippen LogP contribution < -0.4 is 4.74 Å².